The van der Waals surface area contributed by atoms with Crippen molar-refractivity contribution in [1.29, 1.82) is 0 Å². The molecule has 2 aromatic carbocycles. The van der Waals surface area contributed by atoms with Gasteiger partial charge in [0.2, 0.25) is 5.91 Å². The number of carbonyl (C=O) groups excluding carboxylic acids is 2. The predicted molar refractivity (Wildman–Crippen MR) is 124 cm³/mol. The minimum Gasteiger partial charge on any atom is -0.478 e. The van der Waals surface area contributed by atoms with Gasteiger partial charge in [0.15, 0.2) is 0 Å². The van der Waals surface area contributed by atoms with Gasteiger partial charge in [-0.05, 0) is 41.5 Å². The van der Waals surface area contributed by atoms with Crippen molar-refractivity contribution in [3.63, 3.8) is 0 Å². The van der Waals surface area contributed by atoms with Gasteiger partial charge in [-0.25, -0.2) is 9.59 Å². The maximum absolute atomic E-state index is 12.5. The molecule has 4 rings (SSSR count). The van der Waals surface area contributed by atoms with Crippen molar-refractivity contribution < 1.29 is 24.2 Å². The highest BCUT2D eigenvalue weighted by molar-refractivity contribution is 5.81. The lowest BCUT2D eigenvalue weighted by molar-refractivity contribution is -0.131. The molecule has 0 heterocycles. The van der Waals surface area contributed by atoms with Gasteiger partial charge in [0, 0.05) is 30.5 Å². The number of ether oxygens (including phenoxy) is 1. The summed E-state index contributed by atoms with van der Waals surface area (Å²) in [5, 5.41) is 14.3. The fourth-order valence-electron chi connectivity index (χ4n) is 4.83. The minimum atomic E-state index is -1.05. The number of nitrogens with one attached hydrogen (secondary N) is 2. The normalized spacial score (nSPS) is 19.5. The van der Waals surface area contributed by atoms with Crippen molar-refractivity contribution in [3.05, 3.63) is 71.8 Å². The van der Waals surface area contributed by atoms with Crippen LogP contribution in [0, 0.1) is 5.92 Å². The molecule has 2 atom stereocenters. The molecule has 3 N–H and O–H groups in total. The molecular weight excluding hydrogens is 420 g/mol. The van der Waals surface area contributed by atoms with E-state index in [4.69, 9.17) is 9.84 Å². The van der Waals surface area contributed by atoms with Crippen LogP contribution in [0.15, 0.2) is 60.7 Å². The minimum absolute atomic E-state index is 0.00638. The van der Waals surface area contributed by atoms with Gasteiger partial charge in [0.1, 0.15) is 6.61 Å². The zero-order chi connectivity index (χ0) is 23.2. The van der Waals surface area contributed by atoms with Gasteiger partial charge in [-0.2, -0.15) is 0 Å². The number of hydrogen-bond acceptors (Lipinski definition) is 4. The fraction of sp³-hybridized carbons (Fsp3) is 0.346. The Morgan fingerprint density at radius 2 is 1.67 bits per heavy atom. The van der Waals surface area contributed by atoms with E-state index in [1.54, 1.807) is 0 Å². The molecular formula is C26H28N2O5. The van der Waals surface area contributed by atoms with Crippen LogP contribution in [0.5, 0.6) is 0 Å². The topological polar surface area (TPSA) is 105 Å². The average molecular weight is 449 g/mol. The predicted octanol–water partition coefficient (Wildman–Crippen LogP) is 3.84. The summed E-state index contributed by atoms with van der Waals surface area (Å²) in [6.45, 7) is 0.429. The van der Waals surface area contributed by atoms with Crippen LogP contribution in [-0.4, -0.2) is 42.3 Å². The summed E-state index contributed by atoms with van der Waals surface area (Å²) in [7, 11) is 0. The highest BCUT2D eigenvalue weighted by atomic mass is 16.5. The van der Waals surface area contributed by atoms with Gasteiger partial charge < -0.3 is 20.5 Å². The Bertz CT molecular complexity index is 1020. The van der Waals surface area contributed by atoms with Crippen LogP contribution in [0.25, 0.3) is 11.1 Å². The van der Waals surface area contributed by atoms with E-state index in [0.717, 1.165) is 36.5 Å². The average Bonchev–Trinajstić information content (AvgIpc) is 3.14. The van der Waals surface area contributed by atoms with E-state index in [2.05, 4.69) is 34.9 Å². The summed E-state index contributed by atoms with van der Waals surface area (Å²) >= 11 is 0. The Labute approximate surface area is 192 Å². The standard InChI is InChI=1S/C26H28N2O5/c29-24(30)13-6-14-27-25(31)17-7-5-8-18(15-17)28-26(32)33-16-23-21-11-3-1-9-19(21)20-10-2-4-12-22(20)23/h1-4,6,9-13,17-18,23H,5,7-8,14-16H2,(H,27,31)(H,28,32)(H,29,30)/b13-6+. The lowest BCUT2D eigenvalue weighted by atomic mass is 9.85. The summed E-state index contributed by atoms with van der Waals surface area (Å²) in [6, 6.07) is 16.3. The summed E-state index contributed by atoms with van der Waals surface area (Å²) in [5.74, 6) is -1.37. The lowest BCUT2D eigenvalue weighted by Gasteiger charge is -2.28. The second-order valence-electron chi connectivity index (χ2n) is 8.52. The Balaban J connectivity index is 1.29. The molecule has 0 bridgehead atoms. The second-order valence-corrected chi connectivity index (χ2v) is 8.52. The van der Waals surface area contributed by atoms with Crippen LogP contribution in [0.2, 0.25) is 0 Å². The summed E-state index contributed by atoms with van der Waals surface area (Å²) in [5.41, 5.74) is 4.69. The van der Waals surface area contributed by atoms with Gasteiger partial charge in [-0.15, -0.1) is 0 Å². The van der Waals surface area contributed by atoms with Crippen molar-refractivity contribution >= 4 is 18.0 Å². The first kappa shape index (κ1) is 22.6. The van der Waals surface area contributed by atoms with Crippen LogP contribution in [0.3, 0.4) is 0 Å². The molecule has 0 radical (unpaired) electrons. The number of amides is 2. The number of fused-ring (bicyclic) bond motifs is 3. The van der Waals surface area contributed by atoms with Crippen molar-refractivity contribution in [2.75, 3.05) is 13.2 Å². The molecule has 0 aromatic heterocycles. The Morgan fingerprint density at radius 1 is 1.00 bits per heavy atom. The Kier molecular flexibility index (Phi) is 7.07. The summed E-state index contributed by atoms with van der Waals surface area (Å²) < 4.78 is 5.62. The van der Waals surface area contributed by atoms with E-state index in [1.807, 2.05) is 24.3 Å². The molecule has 7 heteroatoms. The molecule has 0 saturated heterocycles. The van der Waals surface area contributed by atoms with Gasteiger partial charge in [-0.1, -0.05) is 61.0 Å². The third-order valence-corrected chi connectivity index (χ3v) is 6.37. The quantitative estimate of drug-likeness (QED) is 0.558. The number of aliphatic carboxylic acids is 1. The van der Waals surface area contributed by atoms with Crippen LogP contribution in [0.4, 0.5) is 4.79 Å². The van der Waals surface area contributed by atoms with Gasteiger partial charge >= 0.3 is 12.1 Å². The second kappa shape index (κ2) is 10.3. The molecule has 0 aliphatic heterocycles. The molecule has 33 heavy (non-hydrogen) atoms. The molecule has 172 valence electrons. The fourth-order valence-corrected chi connectivity index (χ4v) is 4.83. The van der Waals surface area contributed by atoms with Gasteiger partial charge in [0.05, 0.1) is 0 Å². The maximum atomic E-state index is 12.5. The molecule has 2 unspecified atom stereocenters. The Hall–Kier alpha value is -3.61. The van der Waals surface area contributed by atoms with Crippen molar-refractivity contribution in [2.24, 2.45) is 5.92 Å². The number of carboxylic acid groups (broad SMARTS) is 1. The maximum Gasteiger partial charge on any atom is 0.407 e. The largest absolute Gasteiger partial charge is 0.478 e. The van der Waals surface area contributed by atoms with Crippen LogP contribution >= 0.6 is 0 Å². The first-order valence-corrected chi connectivity index (χ1v) is 11.3. The number of rotatable bonds is 7. The number of carbonyl (C=O) groups is 3. The number of alkyl carbamates (subject to hydrolysis) is 1. The zero-order valence-corrected chi connectivity index (χ0v) is 18.3. The third kappa shape index (κ3) is 5.42. The van der Waals surface area contributed by atoms with E-state index in [9.17, 15) is 14.4 Å². The van der Waals surface area contributed by atoms with E-state index in [-0.39, 0.29) is 36.9 Å². The van der Waals surface area contributed by atoms with Gasteiger partial charge in [0.25, 0.3) is 0 Å². The first-order valence-electron chi connectivity index (χ1n) is 11.3. The monoisotopic (exact) mass is 448 g/mol. The van der Waals surface area contributed by atoms with Crippen molar-refractivity contribution in [2.45, 2.75) is 37.6 Å². The van der Waals surface area contributed by atoms with E-state index in [1.165, 1.54) is 17.2 Å². The summed E-state index contributed by atoms with van der Waals surface area (Å²) in [4.78, 5) is 35.4. The van der Waals surface area contributed by atoms with Crippen LogP contribution < -0.4 is 10.6 Å². The van der Waals surface area contributed by atoms with Crippen LogP contribution in [-0.2, 0) is 14.3 Å². The van der Waals surface area contributed by atoms with Crippen LogP contribution in [0.1, 0.15) is 42.7 Å². The van der Waals surface area contributed by atoms with Crippen molar-refractivity contribution in [1.82, 2.24) is 10.6 Å². The molecule has 2 aliphatic rings. The smallest absolute Gasteiger partial charge is 0.407 e. The number of hydrogen-bond donors (Lipinski definition) is 3. The highest BCUT2D eigenvalue weighted by Crippen LogP contribution is 2.44. The molecule has 2 amide bonds. The molecule has 1 fully saturated rings. The molecule has 1 saturated carbocycles. The van der Waals surface area contributed by atoms with E-state index < -0.39 is 12.1 Å². The SMILES string of the molecule is O=C(O)/C=C/CNC(=O)C1CCCC(NC(=O)OCC2c3ccccc3-c3ccccc32)C1. The zero-order valence-electron chi connectivity index (χ0n) is 18.3. The molecule has 7 nitrogen and oxygen atoms in total. The molecule has 2 aromatic rings. The highest BCUT2D eigenvalue weighted by Gasteiger charge is 2.31. The third-order valence-electron chi connectivity index (χ3n) is 6.37. The van der Waals surface area contributed by atoms with Gasteiger partial charge in [-0.3, -0.25) is 4.79 Å². The Morgan fingerprint density at radius 3 is 2.33 bits per heavy atom. The lowest BCUT2D eigenvalue weighted by Crippen LogP contribution is -2.42. The summed E-state index contributed by atoms with van der Waals surface area (Å²) in [6.07, 6.45) is 4.85. The number of carboxylic acids is 1. The molecule has 0 spiro atoms. The van der Waals surface area contributed by atoms with E-state index in [0.29, 0.717) is 6.42 Å². The van der Waals surface area contributed by atoms with Crippen molar-refractivity contribution in [3.8, 4) is 11.1 Å². The first-order chi connectivity index (χ1) is 16.0. The van der Waals surface area contributed by atoms with E-state index >= 15 is 0 Å². The molecule has 2 aliphatic carbocycles. The number of benzene rings is 2.